The summed E-state index contributed by atoms with van der Waals surface area (Å²) in [5, 5.41) is 0. The number of likely N-dealkylation sites (tertiary alicyclic amines) is 1. The van der Waals surface area contributed by atoms with Gasteiger partial charge in [-0.2, -0.15) is 0 Å². The molecule has 0 saturated carbocycles. The summed E-state index contributed by atoms with van der Waals surface area (Å²) in [6.07, 6.45) is 8.76. The smallest absolute Gasteiger partial charge is 0.225 e. The van der Waals surface area contributed by atoms with Crippen molar-refractivity contribution in [3.8, 4) is 0 Å². The van der Waals surface area contributed by atoms with Crippen LogP contribution in [0.5, 0.6) is 0 Å². The number of fused-ring (bicyclic) bond motifs is 1. The molecule has 2 aliphatic heterocycles. The van der Waals surface area contributed by atoms with Gasteiger partial charge in [-0.1, -0.05) is 6.07 Å². The maximum atomic E-state index is 12.5. The molecular formula is C17H19N5O. The first-order chi connectivity index (χ1) is 11.2. The Kier molecular flexibility index (Phi) is 3.44. The molecule has 2 atom stereocenters. The van der Waals surface area contributed by atoms with E-state index in [1.165, 1.54) is 0 Å². The van der Waals surface area contributed by atoms with Gasteiger partial charge in [-0.3, -0.25) is 9.78 Å². The number of aromatic nitrogens is 3. The summed E-state index contributed by atoms with van der Waals surface area (Å²) in [6, 6.07) is 4.35. The summed E-state index contributed by atoms with van der Waals surface area (Å²) < 4.78 is 0. The van der Waals surface area contributed by atoms with Gasteiger partial charge >= 0.3 is 0 Å². The van der Waals surface area contributed by atoms with Crippen molar-refractivity contribution in [1.29, 1.82) is 0 Å². The van der Waals surface area contributed by atoms with E-state index in [0.717, 1.165) is 30.0 Å². The van der Waals surface area contributed by atoms with Gasteiger partial charge in [-0.05, 0) is 30.5 Å². The van der Waals surface area contributed by atoms with Crippen molar-refractivity contribution in [2.24, 2.45) is 0 Å². The third kappa shape index (κ3) is 2.54. The van der Waals surface area contributed by atoms with Crippen LogP contribution >= 0.6 is 0 Å². The van der Waals surface area contributed by atoms with Crippen molar-refractivity contribution >= 4 is 11.9 Å². The Morgan fingerprint density at radius 2 is 2.04 bits per heavy atom. The first kappa shape index (κ1) is 14.1. The van der Waals surface area contributed by atoms with E-state index in [1.54, 1.807) is 6.20 Å². The van der Waals surface area contributed by atoms with Crippen molar-refractivity contribution in [3.05, 3.63) is 48.0 Å². The summed E-state index contributed by atoms with van der Waals surface area (Å²) >= 11 is 0. The van der Waals surface area contributed by atoms with Crippen molar-refractivity contribution in [3.63, 3.8) is 0 Å². The maximum Gasteiger partial charge on any atom is 0.225 e. The minimum Gasteiger partial charge on any atom is -0.335 e. The standard InChI is InChI=1S/C17H19N5O/c1-12-8-19-17(20-9-12)21-6-4-14-15(21)7-16(23)22(14)11-13-3-2-5-18-10-13/h2-3,5,8-10,14-15H,4,6-7,11H2,1H3/t14-,15+/m0/s1. The number of hydrogen-bond donors (Lipinski definition) is 0. The molecular weight excluding hydrogens is 290 g/mol. The van der Waals surface area contributed by atoms with Gasteiger partial charge in [-0.25, -0.2) is 9.97 Å². The van der Waals surface area contributed by atoms with Crippen LogP contribution in [0.15, 0.2) is 36.9 Å². The number of carbonyl (C=O) groups excluding carboxylic acids is 1. The second-order valence-electron chi connectivity index (χ2n) is 6.26. The summed E-state index contributed by atoms with van der Waals surface area (Å²) in [6.45, 7) is 3.51. The van der Waals surface area contributed by atoms with Crippen LogP contribution in [-0.4, -0.2) is 44.4 Å². The van der Waals surface area contributed by atoms with Gasteiger partial charge in [0.05, 0.1) is 12.1 Å². The zero-order valence-corrected chi connectivity index (χ0v) is 13.1. The summed E-state index contributed by atoms with van der Waals surface area (Å²) in [4.78, 5) is 29.6. The normalized spacial score (nSPS) is 23.4. The van der Waals surface area contributed by atoms with Crippen molar-refractivity contribution < 1.29 is 4.79 Å². The van der Waals surface area contributed by atoms with Crippen LogP contribution in [0.3, 0.4) is 0 Å². The molecule has 2 aromatic heterocycles. The topological polar surface area (TPSA) is 62.2 Å². The van der Waals surface area contributed by atoms with Crippen LogP contribution in [0.25, 0.3) is 0 Å². The van der Waals surface area contributed by atoms with E-state index in [9.17, 15) is 4.79 Å². The Morgan fingerprint density at radius 3 is 2.78 bits per heavy atom. The van der Waals surface area contributed by atoms with E-state index in [-0.39, 0.29) is 18.0 Å². The second kappa shape index (κ2) is 5.61. The lowest BCUT2D eigenvalue weighted by atomic mass is 10.1. The van der Waals surface area contributed by atoms with E-state index in [4.69, 9.17) is 0 Å². The highest BCUT2D eigenvalue weighted by molar-refractivity contribution is 5.81. The lowest BCUT2D eigenvalue weighted by molar-refractivity contribution is -0.129. The molecule has 0 bridgehead atoms. The Balaban J connectivity index is 1.54. The van der Waals surface area contributed by atoms with Crippen molar-refractivity contribution in [2.45, 2.75) is 38.4 Å². The zero-order chi connectivity index (χ0) is 15.8. The molecule has 2 aromatic rings. The largest absolute Gasteiger partial charge is 0.335 e. The summed E-state index contributed by atoms with van der Waals surface area (Å²) in [7, 11) is 0. The monoisotopic (exact) mass is 309 g/mol. The molecule has 0 N–H and O–H groups in total. The quantitative estimate of drug-likeness (QED) is 0.861. The predicted octanol–water partition coefficient (Wildman–Crippen LogP) is 1.56. The highest BCUT2D eigenvalue weighted by Crippen LogP contribution is 2.35. The van der Waals surface area contributed by atoms with Gasteiger partial charge in [-0.15, -0.1) is 0 Å². The van der Waals surface area contributed by atoms with E-state index < -0.39 is 0 Å². The molecule has 6 heteroatoms. The van der Waals surface area contributed by atoms with Crippen LogP contribution < -0.4 is 4.90 Å². The number of nitrogens with zero attached hydrogens (tertiary/aromatic N) is 5. The van der Waals surface area contributed by atoms with Gasteiger partial charge < -0.3 is 9.80 Å². The highest BCUT2D eigenvalue weighted by atomic mass is 16.2. The van der Waals surface area contributed by atoms with Gasteiger partial charge in [0.25, 0.3) is 0 Å². The van der Waals surface area contributed by atoms with Crippen LogP contribution in [0, 0.1) is 6.92 Å². The summed E-state index contributed by atoms with van der Waals surface area (Å²) in [5.74, 6) is 0.944. The Morgan fingerprint density at radius 1 is 1.22 bits per heavy atom. The van der Waals surface area contributed by atoms with E-state index in [2.05, 4.69) is 19.9 Å². The second-order valence-corrected chi connectivity index (χ2v) is 6.26. The number of rotatable bonds is 3. The number of carbonyl (C=O) groups is 1. The first-order valence-electron chi connectivity index (χ1n) is 7.96. The van der Waals surface area contributed by atoms with Gasteiger partial charge in [0, 0.05) is 44.3 Å². The Bertz CT molecular complexity index is 703. The fourth-order valence-corrected chi connectivity index (χ4v) is 3.60. The molecule has 2 fully saturated rings. The molecule has 1 amide bonds. The van der Waals surface area contributed by atoms with Crippen LogP contribution in [0.4, 0.5) is 5.95 Å². The SMILES string of the molecule is Cc1cnc(N2CC[C@H]3[C@H]2CC(=O)N3Cc2cccnc2)nc1. The highest BCUT2D eigenvalue weighted by Gasteiger charge is 2.47. The third-order valence-electron chi connectivity index (χ3n) is 4.71. The molecule has 2 aliphatic rings. The zero-order valence-electron chi connectivity index (χ0n) is 13.1. The maximum absolute atomic E-state index is 12.5. The molecule has 0 unspecified atom stereocenters. The third-order valence-corrected chi connectivity index (χ3v) is 4.71. The van der Waals surface area contributed by atoms with Gasteiger partial charge in [0.2, 0.25) is 11.9 Å². The average molecular weight is 309 g/mol. The molecule has 2 saturated heterocycles. The Hall–Kier alpha value is -2.50. The molecule has 0 spiro atoms. The van der Waals surface area contributed by atoms with Crippen LogP contribution in [0.2, 0.25) is 0 Å². The summed E-state index contributed by atoms with van der Waals surface area (Å²) in [5.41, 5.74) is 2.12. The number of hydrogen-bond acceptors (Lipinski definition) is 5. The van der Waals surface area contributed by atoms with E-state index in [1.807, 2.05) is 42.5 Å². The first-order valence-corrected chi connectivity index (χ1v) is 7.96. The lowest BCUT2D eigenvalue weighted by Gasteiger charge is -2.25. The predicted molar refractivity (Wildman–Crippen MR) is 85.7 cm³/mol. The van der Waals surface area contributed by atoms with E-state index >= 15 is 0 Å². The minimum absolute atomic E-state index is 0.182. The number of amides is 1. The van der Waals surface area contributed by atoms with E-state index in [0.29, 0.717) is 13.0 Å². The van der Waals surface area contributed by atoms with Crippen LogP contribution in [0.1, 0.15) is 24.0 Å². The molecule has 6 nitrogen and oxygen atoms in total. The molecule has 0 aromatic carbocycles. The molecule has 4 rings (SSSR count). The van der Waals surface area contributed by atoms with Crippen molar-refractivity contribution in [1.82, 2.24) is 19.9 Å². The minimum atomic E-state index is 0.182. The number of pyridine rings is 1. The molecule has 118 valence electrons. The number of aryl methyl sites for hydroxylation is 1. The fourth-order valence-electron chi connectivity index (χ4n) is 3.60. The lowest BCUT2D eigenvalue weighted by Crippen LogP contribution is -2.37. The molecule has 23 heavy (non-hydrogen) atoms. The molecule has 0 aliphatic carbocycles. The van der Waals surface area contributed by atoms with Gasteiger partial charge in [0.1, 0.15) is 0 Å². The van der Waals surface area contributed by atoms with Crippen LogP contribution in [-0.2, 0) is 11.3 Å². The molecule has 0 radical (unpaired) electrons. The molecule has 4 heterocycles. The van der Waals surface area contributed by atoms with Gasteiger partial charge in [0.15, 0.2) is 0 Å². The fraction of sp³-hybridized carbons (Fsp3) is 0.412. The number of anilines is 1. The van der Waals surface area contributed by atoms with Crippen molar-refractivity contribution in [2.75, 3.05) is 11.4 Å². The average Bonchev–Trinajstić information content (AvgIpc) is 3.10. The Labute approximate surface area is 135 Å².